The minimum atomic E-state index is -3.01. The number of carbonyl (C=O) groups excluding carboxylic acids is 2. The summed E-state index contributed by atoms with van der Waals surface area (Å²) >= 11 is 1.43. The summed E-state index contributed by atoms with van der Waals surface area (Å²) in [7, 11) is -3.01. The van der Waals surface area contributed by atoms with Crippen LogP contribution in [0.2, 0.25) is 0 Å². The van der Waals surface area contributed by atoms with E-state index in [2.05, 4.69) is 23.0 Å². The van der Waals surface area contributed by atoms with Crippen LogP contribution in [0.15, 0.2) is 30.3 Å². The van der Waals surface area contributed by atoms with E-state index < -0.39 is 9.84 Å². The minimum absolute atomic E-state index is 0.0470. The van der Waals surface area contributed by atoms with Gasteiger partial charge in [0.2, 0.25) is 5.91 Å². The molecule has 0 unspecified atom stereocenters. The van der Waals surface area contributed by atoms with E-state index in [1.165, 1.54) is 22.5 Å². The van der Waals surface area contributed by atoms with Crippen LogP contribution >= 0.6 is 11.3 Å². The molecule has 2 aromatic rings. The molecule has 0 bridgehead atoms. The molecule has 1 fully saturated rings. The molecule has 2 heterocycles. The second kappa shape index (κ2) is 7.09. The molecular weight excluding hydrogens is 384 g/mol. The first-order valence-electron chi connectivity index (χ1n) is 8.92. The molecule has 1 aromatic carbocycles. The molecule has 1 atom stereocenters. The standard InChI is InChI=1S/C19H20N2O4S2/c22-17(9-12-7-8-27(24,25)11-12)20-21-19(23)16-10-14-6-5-13-3-1-2-4-15(13)18(14)26-16/h1-4,10,12H,5-9,11H2,(H,20,22)(H,21,23)/t12-/m1/s1. The molecule has 142 valence electrons. The molecular formula is C19H20N2O4S2. The van der Waals surface area contributed by atoms with E-state index in [-0.39, 0.29) is 35.7 Å². The highest BCUT2D eigenvalue weighted by molar-refractivity contribution is 7.91. The third kappa shape index (κ3) is 3.91. The summed E-state index contributed by atoms with van der Waals surface area (Å²) in [6, 6.07) is 10.1. The molecule has 1 aliphatic heterocycles. The van der Waals surface area contributed by atoms with Crippen molar-refractivity contribution in [3.8, 4) is 10.4 Å². The predicted octanol–water partition coefficient (Wildman–Crippen LogP) is 2.10. The minimum Gasteiger partial charge on any atom is -0.273 e. The molecule has 4 rings (SSSR count). The Labute approximate surface area is 161 Å². The largest absolute Gasteiger partial charge is 0.279 e. The lowest BCUT2D eigenvalue weighted by atomic mass is 9.91. The van der Waals surface area contributed by atoms with Crippen molar-refractivity contribution in [3.63, 3.8) is 0 Å². The zero-order valence-corrected chi connectivity index (χ0v) is 16.3. The maximum atomic E-state index is 12.4. The lowest BCUT2D eigenvalue weighted by Gasteiger charge is -2.15. The number of nitrogens with one attached hydrogen (secondary N) is 2. The monoisotopic (exact) mass is 404 g/mol. The van der Waals surface area contributed by atoms with Gasteiger partial charge in [-0.25, -0.2) is 8.42 Å². The van der Waals surface area contributed by atoms with Gasteiger partial charge in [-0.05, 0) is 47.9 Å². The van der Waals surface area contributed by atoms with Crippen LogP contribution < -0.4 is 10.9 Å². The molecule has 2 N–H and O–H groups in total. The molecule has 8 heteroatoms. The maximum Gasteiger partial charge on any atom is 0.279 e. The fraction of sp³-hybridized carbons (Fsp3) is 0.368. The van der Waals surface area contributed by atoms with E-state index >= 15 is 0 Å². The van der Waals surface area contributed by atoms with Gasteiger partial charge in [0, 0.05) is 11.3 Å². The summed E-state index contributed by atoms with van der Waals surface area (Å²) in [5, 5.41) is 0. The van der Waals surface area contributed by atoms with Gasteiger partial charge in [-0.1, -0.05) is 24.3 Å². The third-order valence-corrected chi connectivity index (χ3v) is 8.12. The molecule has 6 nitrogen and oxygen atoms in total. The Kier molecular flexibility index (Phi) is 4.77. The van der Waals surface area contributed by atoms with Crippen molar-refractivity contribution in [1.29, 1.82) is 0 Å². The van der Waals surface area contributed by atoms with Gasteiger partial charge >= 0.3 is 0 Å². The first-order chi connectivity index (χ1) is 12.9. The van der Waals surface area contributed by atoms with Crippen molar-refractivity contribution in [2.24, 2.45) is 5.92 Å². The predicted molar refractivity (Wildman–Crippen MR) is 104 cm³/mol. The zero-order valence-electron chi connectivity index (χ0n) is 14.7. The molecule has 2 aliphatic rings. The molecule has 1 saturated heterocycles. The average molecular weight is 405 g/mol. The lowest BCUT2D eigenvalue weighted by molar-refractivity contribution is -0.122. The summed E-state index contributed by atoms with van der Waals surface area (Å²) in [4.78, 5) is 26.1. The summed E-state index contributed by atoms with van der Waals surface area (Å²) in [6.07, 6.45) is 2.47. The highest BCUT2D eigenvalue weighted by atomic mass is 32.2. The van der Waals surface area contributed by atoms with Crippen LogP contribution in [0.5, 0.6) is 0 Å². The van der Waals surface area contributed by atoms with Gasteiger partial charge in [0.15, 0.2) is 9.84 Å². The summed E-state index contributed by atoms with van der Waals surface area (Å²) in [5.41, 5.74) is 8.48. The maximum absolute atomic E-state index is 12.4. The normalized spacial score (nSPS) is 19.8. The Morgan fingerprint density at radius 3 is 2.67 bits per heavy atom. The summed E-state index contributed by atoms with van der Waals surface area (Å²) in [6.45, 7) is 0. The number of amides is 2. The van der Waals surface area contributed by atoms with E-state index in [0.717, 1.165) is 23.3 Å². The number of thiophene rings is 1. The molecule has 27 heavy (non-hydrogen) atoms. The molecule has 1 aromatic heterocycles. The van der Waals surface area contributed by atoms with Gasteiger partial charge in [0.1, 0.15) is 0 Å². The van der Waals surface area contributed by atoms with Gasteiger partial charge < -0.3 is 0 Å². The Morgan fingerprint density at radius 1 is 1.11 bits per heavy atom. The Balaban J connectivity index is 1.37. The van der Waals surface area contributed by atoms with Crippen LogP contribution in [0.4, 0.5) is 0 Å². The molecule has 0 radical (unpaired) electrons. The van der Waals surface area contributed by atoms with Gasteiger partial charge in [-0.2, -0.15) is 0 Å². The van der Waals surface area contributed by atoms with Crippen LogP contribution in [-0.2, 0) is 27.5 Å². The lowest BCUT2D eigenvalue weighted by Crippen LogP contribution is -2.42. The van der Waals surface area contributed by atoms with Crippen molar-refractivity contribution in [2.45, 2.75) is 25.7 Å². The second-order valence-corrected chi connectivity index (χ2v) is 10.4. The fourth-order valence-electron chi connectivity index (χ4n) is 3.72. The highest BCUT2D eigenvalue weighted by Gasteiger charge is 2.29. The molecule has 1 aliphatic carbocycles. The first kappa shape index (κ1) is 18.2. The van der Waals surface area contributed by atoms with Crippen LogP contribution in [0.3, 0.4) is 0 Å². The Morgan fingerprint density at radius 2 is 1.89 bits per heavy atom. The smallest absolute Gasteiger partial charge is 0.273 e. The third-order valence-electron chi connectivity index (χ3n) is 5.07. The van der Waals surface area contributed by atoms with Crippen molar-refractivity contribution < 1.29 is 18.0 Å². The molecule has 0 spiro atoms. The summed E-state index contributed by atoms with van der Waals surface area (Å²) < 4.78 is 22.9. The van der Waals surface area contributed by atoms with Gasteiger partial charge in [0.25, 0.3) is 5.91 Å². The number of hydrogen-bond donors (Lipinski definition) is 2. The number of aryl methyl sites for hydroxylation is 2. The van der Waals surface area contributed by atoms with E-state index in [9.17, 15) is 18.0 Å². The van der Waals surface area contributed by atoms with Crippen molar-refractivity contribution in [1.82, 2.24) is 10.9 Å². The number of fused-ring (bicyclic) bond motifs is 3. The van der Waals surface area contributed by atoms with Crippen LogP contribution in [0.25, 0.3) is 10.4 Å². The number of rotatable bonds is 3. The quantitative estimate of drug-likeness (QED) is 0.767. The number of sulfone groups is 1. The number of benzene rings is 1. The van der Waals surface area contributed by atoms with Gasteiger partial charge in [-0.15, -0.1) is 11.3 Å². The fourth-order valence-corrected chi connectivity index (χ4v) is 6.75. The van der Waals surface area contributed by atoms with Crippen LogP contribution in [-0.4, -0.2) is 31.7 Å². The van der Waals surface area contributed by atoms with E-state index in [4.69, 9.17) is 0 Å². The van der Waals surface area contributed by atoms with Crippen molar-refractivity contribution in [3.05, 3.63) is 46.3 Å². The van der Waals surface area contributed by atoms with E-state index in [1.807, 2.05) is 18.2 Å². The van der Waals surface area contributed by atoms with E-state index in [1.54, 1.807) is 0 Å². The molecule has 0 saturated carbocycles. The van der Waals surface area contributed by atoms with Crippen LogP contribution in [0.1, 0.15) is 33.6 Å². The van der Waals surface area contributed by atoms with Crippen molar-refractivity contribution >= 4 is 33.0 Å². The SMILES string of the molecule is O=C(C[C@H]1CCS(=O)(=O)C1)NNC(=O)c1cc2c(s1)-c1ccccc1CC2. The van der Waals surface area contributed by atoms with Gasteiger partial charge in [0.05, 0.1) is 16.4 Å². The van der Waals surface area contributed by atoms with Crippen molar-refractivity contribution in [2.75, 3.05) is 11.5 Å². The van der Waals surface area contributed by atoms with Gasteiger partial charge in [-0.3, -0.25) is 20.4 Å². The Hall–Kier alpha value is -2.19. The number of hydrazine groups is 1. The Bertz CT molecular complexity index is 1010. The first-order valence-corrected chi connectivity index (χ1v) is 11.6. The molecule has 2 amide bonds. The zero-order chi connectivity index (χ0) is 19.0. The number of carbonyl (C=O) groups is 2. The summed E-state index contributed by atoms with van der Waals surface area (Å²) in [5.74, 6) is -0.695. The number of hydrogen-bond acceptors (Lipinski definition) is 5. The highest BCUT2D eigenvalue weighted by Crippen LogP contribution is 2.39. The average Bonchev–Trinajstić information content (AvgIpc) is 3.22. The second-order valence-electron chi connectivity index (χ2n) is 7.10. The van der Waals surface area contributed by atoms with Crippen LogP contribution in [0, 0.1) is 5.92 Å². The van der Waals surface area contributed by atoms with E-state index in [0.29, 0.717) is 11.3 Å². The topological polar surface area (TPSA) is 92.3 Å².